The van der Waals surface area contributed by atoms with Gasteiger partial charge in [0.05, 0.1) is 0 Å². The topological polar surface area (TPSA) is 61.4 Å². The Kier molecular flexibility index (Phi) is 5.77. The number of hydrogen-bond donors (Lipinski definition) is 1. The Morgan fingerprint density at radius 1 is 1.12 bits per heavy atom. The molecule has 1 amide bonds. The maximum absolute atomic E-state index is 12.1. The predicted octanol–water partition coefficient (Wildman–Crippen LogP) is 2.39. The molecular formula is C17H20BrN5O. The Labute approximate surface area is 150 Å². The second-order valence-corrected chi connectivity index (χ2v) is 6.60. The lowest BCUT2D eigenvalue weighted by atomic mass is 10.2. The van der Waals surface area contributed by atoms with E-state index in [9.17, 15) is 4.79 Å². The van der Waals surface area contributed by atoms with Gasteiger partial charge < -0.3 is 10.2 Å². The molecule has 0 spiro atoms. The first-order valence-electron chi connectivity index (χ1n) is 8.00. The second-order valence-electron chi connectivity index (χ2n) is 5.69. The lowest BCUT2D eigenvalue weighted by molar-refractivity contribution is -0.116. The van der Waals surface area contributed by atoms with Crippen LogP contribution in [0.2, 0.25) is 0 Å². The first-order chi connectivity index (χ1) is 11.7. The van der Waals surface area contributed by atoms with Gasteiger partial charge in [-0.1, -0.05) is 22.0 Å². The summed E-state index contributed by atoms with van der Waals surface area (Å²) in [5, 5.41) is 2.93. The number of amides is 1. The van der Waals surface area contributed by atoms with Gasteiger partial charge in [0.2, 0.25) is 11.9 Å². The van der Waals surface area contributed by atoms with E-state index in [4.69, 9.17) is 0 Å². The molecule has 1 aromatic carbocycles. The van der Waals surface area contributed by atoms with Crippen molar-refractivity contribution >= 4 is 33.5 Å². The number of rotatable bonds is 5. The van der Waals surface area contributed by atoms with E-state index in [-0.39, 0.29) is 5.91 Å². The third-order valence-corrected chi connectivity index (χ3v) is 4.46. The number of nitrogens with one attached hydrogen (secondary N) is 1. The van der Waals surface area contributed by atoms with Crippen LogP contribution in [-0.2, 0) is 4.79 Å². The first-order valence-corrected chi connectivity index (χ1v) is 8.80. The summed E-state index contributed by atoms with van der Waals surface area (Å²) in [5.74, 6) is 0.825. The van der Waals surface area contributed by atoms with Crippen molar-refractivity contribution < 1.29 is 4.79 Å². The van der Waals surface area contributed by atoms with Gasteiger partial charge in [-0.15, -0.1) is 0 Å². The molecule has 0 radical (unpaired) electrons. The molecule has 1 aliphatic rings. The van der Waals surface area contributed by atoms with Crippen LogP contribution in [0.15, 0.2) is 47.2 Å². The Bertz CT molecular complexity index is 674. The molecule has 0 atom stereocenters. The SMILES string of the molecule is O=C(CCN1CCN(c2ncccn2)CC1)Nc1cccc(Br)c1. The number of carbonyl (C=O) groups excluding carboxylic acids is 1. The smallest absolute Gasteiger partial charge is 0.225 e. The normalized spacial score (nSPS) is 15.3. The van der Waals surface area contributed by atoms with E-state index in [1.165, 1.54) is 0 Å². The van der Waals surface area contributed by atoms with Crippen molar-refractivity contribution in [3.63, 3.8) is 0 Å². The molecule has 1 N–H and O–H groups in total. The fourth-order valence-electron chi connectivity index (χ4n) is 2.68. The van der Waals surface area contributed by atoms with Gasteiger partial charge in [-0.05, 0) is 24.3 Å². The molecule has 0 bridgehead atoms. The third-order valence-electron chi connectivity index (χ3n) is 3.97. The van der Waals surface area contributed by atoms with Crippen molar-refractivity contribution in [1.29, 1.82) is 0 Å². The van der Waals surface area contributed by atoms with E-state index >= 15 is 0 Å². The van der Waals surface area contributed by atoms with Crippen LogP contribution in [0.3, 0.4) is 0 Å². The highest BCUT2D eigenvalue weighted by Crippen LogP contribution is 2.16. The number of aromatic nitrogens is 2. The third kappa shape index (κ3) is 4.75. The van der Waals surface area contributed by atoms with Gasteiger partial charge in [-0.2, -0.15) is 0 Å². The van der Waals surface area contributed by atoms with E-state index in [0.29, 0.717) is 6.42 Å². The van der Waals surface area contributed by atoms with Crippen LogP contribution >= 0.6 is 15.9 Å². The summed E-state index contributed by atoms with van der Waals surface area (Å²) in [7, 11) is 0. The summed E-state index contributed by atoms with van der Waals surface area (Å²) >= 11 is 3.40. The summed E-state index contributed by atoms with van der Waals surface area (Å²) in [6.07, 6.45) is 4.02. The Morgan fingerprint density at radius 2 is 1.88 bits per heavy atom. The van der Waals surface area contributed by atoms with Crippen LogP contribution < -0.4 is 10.2 Å². The fraction of sp³-hybridized carbons (Fsp3) is 0.353. The molecule has 2 aromatic rings. The number of nitrogens with zero attached hydrogens (tertiary/aromatic N) is 4. The summed E-state index contributed by atoms with van der Waals surface area (Å²) < 4.78 is 0.958. The van der Waals surface area contributed by atoms with Gasteiger partial charge in [0, 0.05) is 61.7 Å². The van der Waals surface area contributed by atoms with Crippen LogP contribution in [0.1, 0.15) is 6.42 Å². The van der Waals surface area contributed by atoms with Crippen LogP contribution in [0, 0.1) is 0 Å². The van der Waals surface area contributed by atoms with Crippen LogP contribution in [0.4, 0.5) is 11.6 Å². The fourth-order valence-corrected chi connectivity index (χ4v) is 3.07. The molecule has 0 saturated carbocycles. The van der Waals surface area contributed by atoms with Crippen molar-refractivity contribution in [3.8, 4) is 0 Å². The summed E-state index contributed by atoms with van der Waals surface area (Å²) in [4.78, 5) is 25.1. The Hall–Kier alpha value is -1.99. The zero-order valence-electron chi connectivity index (χ0n) is 13.4. The van der Waals surface area contributed by atoms with Crippen LogP contribution in [0.25, 0.3) is 0 Å². The first kappa shape index (κ1) is 16.9. The number of hydrogen-bond acceptors (Lipinski definition) is 5. The monoisotopic (exact) mass is 389 g/mol. The molecule has 126 valence electrons. The number of halogens is 1. The zero-order chi connectivity index (χ0) is 16.8. The number of piperazine rings is 1. The van der Waals surface area contributed by atoms with Gasteiger partial charge in [-0.3, -0.25) is 9.69 Å². The van der Waals surface area contributed by atoms with Crippen molar-refractivity contribution in [2.75, 3.05) is 42.9 Å². The molecule has 24 heavy (non-hydrogen) atoms. The maximum atomic E-state index is 12.1. The number of carbonyl (C=O) groups is 1. The molecule has 3 rings (SSSR count). The molecule has 1 saturated heterocycles. The molecule has 1 aliphatic heterocycles. The number of benzene rings is 1. The minimum Gasteiger partial charge on any atom is -0.338 e. The molecule has 2 heterocycles. The summed E-state index contributed by atoms with van der Waals surface area (Å²) in [5.41, 5.74) is 0.820. The zero-order valence-corrected chi connectivity index (χ0v) is 14.9. The van der Waals surface area contributed by atoms with Gasteiger partial charge in [-0.25, -0.2) is 9.97 Å². The Balaban J connectivity index is 1.41. The number of anilines is 2. The van der Waals surface area contributed by atoms with E-state index in [0.717, 1.165) is 48.8 Å². The Morgan fingerprint density at radius 3 is 2.58 bits per heavy atom. The van der Waals surface area contributed by atoms with Crippen LogP contribution in [0.5, 0.6) is 0 Å². The highest BCUT2D eigenvalue weighted by molar-refractivity contribution is 9.10. The molecule has 7 heteroatoms. The average Bonchev–Trinajstić information content (AvgIpc) is 2.61. The summed E-state index contributed by atoms with van der Waals surface area (Å²) in [6.45, 7) is 4.38. The lowest BCUT2D eigenvalue weighted by Gasteiger charge is -2.34. The molecule has 0 unspecified atom stereocenters. The molecule has 1 aromatic heterocycles. The average molecular weight is 390 g/mol. The lowest BCUT2D eigenvalue weighted by Crippen LogP contribution is -2.47. The largest absolute Gasteiger partial charge is 0.338 e. The molecule has 6 nitrogen and oxygen atoms in total. The minimum atomic E-state index is 0.0434. The predicted molar refractivity (Wildman–Crippen MR) is 98.1 cm³/mol. The molecule has 1 fully saturated rings. The maximum Gasteiger partial charge on any atom is 0.225 e. The highest BCUT2D eigenvalue weighted by atomic mass is 79.9. The van der Waals surface area contributed by atoms with Crippen molar-refractivity contribution in [2.24, 2.45) is 0 Å². The van der Waals surface area contributed by atoms with Gasteiger partial charge in [0.1, 0.15) is 0 Å². The highest BCUT2D eigenvalue weighted by Gasteiger charge is 2.19. The van der Waals surface area contributed by atoms with Crippen LogP contribution in [-0.4, -0.2) is 53.5 Å². The molecular weight excluding hydrogens is 370 g/mol. The van der Waals surface area contributed by atoms with E-state index in [1.807, 2.05) is 30.3 Å². The second kappa shape index (κ2) is 8.21. The standard InChI is InChI=1S/C17H20BrN5O/c18-14-3-1-4-15(13-14)21-16(24)5-8-22-9-11-23(12-10-22)17-19-6-2-7-20-17/h1-4,6-7,13H,5,8-12H2,(H,21,24). The van der Waals surface area contributed by atoms with Gasteiger partial charge >= 0.3 is 0 Å². The van der Waals surface area contributed by atoms with Gasteiger partial charge in [0.25, 0.3) is 0 Å². The molecule has 0 aliphatic carbocycles. The quantitative estimate of drug-likeness (QED) is 0.850. The van der Waals surface area contributed by atoms with E-state index < -0.39 is 0 Å². The summed E-state index contributed by atoms with van der Waals surface area (Å²) in [6, 6.07) is 9.46. The van der Waals surface area contributed by atoms with Crippen molar-refractivity contribution in [2.45, 2.75) is 6.42 Å². The minimum absolute atomic E-state index is 0.0434. The van der Waals surface area contributed by atoms with Crippen molar-refractivity contribution in [1.82, 2.24) is 14.9 Å². The van der Waals surface area contributed by atoms with E-state index in [2.05, 4.69) is 41.0 Å². The van der Waals surface area contributed by atoms with Crippen molar-refractivity contribution in [3.05, 3.63) is 47.2 Å². The van der Waals surface area contributed by atoms with Gasteiger partial charge in [0.15, 0.2) is 0 Å². The van der Waals surface area contributed by atoms with E-state index in [1.54, 1.807) is 12.4 Å².